The number of pyridine rings is 1. The first-order valence-corrected chi connectivity index (χ1v) is 5.38. The number of hydrogen-bond acceptors (Lipinski definition) is 2. The Kier molecular flexibility index (Phi) is 2.79. The lowest BCUT2D eigenvalue weighted by molar-refractivity contribution is 0.315. The second-order valence-electron chi connectivity index (χ2n) is 4.27. The van der Waals surface area contributed by atoms with E-state index < -0.39 is 0 Å². The summed E-state index contributed by atoms with van der Waals surface area (Å²) < 4.78 is 0. The van der Waals surface area contributed by atoms with Gasteiger partial charge in [-0.15, -0.1) is 0 Å². The molecule has 0 aliphatic carbocycles. The van der Waals surface area contributed by atoms with E-state index in [4.69, 9.17) is 0 Å². The zero-order valence-corrected chi connectivity index (χ0v) is 9.82. The van der Waals surface area contributed by atoms with Gasteiger partial charge in [0.25, 0.3) is 0 Å². The third-order valence-corrected chi connectivity index (χ3v) is 2.98. The van der Waals surface area contributed by atoms with Crippen LogP contribution in [0.5, 0.6) is 0 Å². The number of aromatic amines is 1. The average Bonchev–Trinajstić information content (AvgIpc) is 2.28. The molecule has 2 aromatic rings. The molecule has 1 unspecified atom stereocenters. The normalized spacial score (nSPS) is 13.2. The highest BCUT2D eigenvalue weighted by Crippen LogP contribution is 2.16. The first-order chi connectivity index (χ1) is 7.59. The van der Waals surface area contributed by atoms with Crippen LogP contribution in [0, 0.1) is 0 Å². The van der Waals surface area contributed by atoms with E-state index in [1.54, 1.807) is 6.07 Å². The zero-order valence-electron chi connectivity index (χ0n) is 9.82. The summed E-state index contributed by atoms with van der Waals surface area (Å²) in [6.45, 7) is 2.07. The molecule has 84 valence electrons. The molecule has 3 nitrogen and oxygen atoms in total. The minimum atomic E-state index is 0.0815. The Labute approximate surface area is 94.7 Å². The summed E-state index contributed by atoms with van der Waals surface area (Å²) in [6.07, 6.45) is 0. The number of fused-ring (bicyclic) bond motifs is 1. The van der Waals surface area contributed by atoms with Crippen LogP contribution in [0.15, 0.2) is 35.1 Å². The third-order valence-electron chi connectivity index (χ3n) is 2.98. The van der Waals surface area contributed by atoms with Crippen molar-refractivity contribution in [3.63, 3.8) is 0 Å². The van der Waals surface area contributed by atoms with Crippen LogP contribution in [0.3, 0.4) is 0 Å². The molecule has 1 aromatic heterocycles. The highest BCUT2D eigenvalue weighted by molar-refractivity contribution is 5.78. The third kappa shape index (κ3) is 1.86. The van der Waals surface area contributed by atoms with Gasteiger partial charge in [0.05, 0.1) is 0 Å². The molecule has 0 bridgehead atoms. The van der Waals surface area contributed by atoms with E-state index >= 15 is 0 Å². The van der Waals surface area contributed by atoms with Crippen molar-refractivity contribution in [2.75, 3.05) is 14.1 Å². The van der Waals surface area contributed by atoms with Gasteiger partial charge < -0.3 is 9.88 Å². The summed E-state index contributed by atoms with van der Waals surface area (Å²) in [4.78, 5) is 17.3. The molecule has 0 spiro atoms. The number of nitrogens with one attached hydrogen (secondary N) is 1. The summed E-state index contributed by atoms with van der Waals surface area (Å²) >= 11 is 0. The van der Waals surface area contributed by atoms with E-state index in [1.807, 2.05) is 38.4 Å². The highest BCUT2D eigenvalue weighted by Gasteiger charge is 2.10. The van der Waals surface area contributed by atoms with Gasteiger partial charge in [-0.1, -0.05) is 12.1 Å². The molecule has 3 heteroatoms. The predicted octanol–water partition coefficient (Wildman–Crippen LogP) is 2.15. The van der Waals surface area contributed by atoms with Crippen LogP contribution in [0.4, 0.5) is 0 Å². The summed E-state index contributed by atoms with van der Waals surface area (Å²) in [5, 5.41) is 0.747. The largest absolute Gasteiger partial charge is 0.357 e. The lowest BCUT2D eigenvalue weighted by Crippen LogP contribution is -2.19. The van der Waals surface area contributed by atoms with Crippen molar-refractivity contribution >= 4 is 10.9 Å². The van der Waals surface area contributed by atoms with Crippen molar-refractivity contribution in [2.24, 2.45) is 0 Å². The monoisotopic (exact) mass is 216 g/mol. The Morgan fingerprint density at radius 3 is 2.62 bits per heavy atom. The van der Waals surface area contributed by atoms with Crippen molar-refractivity contribution in [1.82, 2.24) is 9.88 Å². The predicted molar refractivity (Wildman–Crippen MR) is 66.7 cm³/mol. The van der Waals surface area contributed by atoms with Crippen LogP contribution in [-0.2, 0) is 0 Å². The van der Waals surface area contributed by atoms with Gasteiger partial charge in [0.2, 0.25) is 0 Å². The van der Waals surface area contributed by atoms with Gasteiger partial charge in [-0.2, -0.15) is 0 Å². The molecular formula is C13H16N2O. The van der Waals surface area contributed by atoms with E-state index in [1.165, 1.54) is 0 Å². The molecule has 1 aromatic carbocycles. The number of hydrogen-bond donors (Lipinski definition) is 1. The number of nitrogens with zero attached hydrogens (tertiary/aromatic N) is 1. The van der Waals surface area contributed by atoms with Crippen molar-refractivity contribution in [3.05, 3.63) is 46.2 Å². The maximum atomic E-state index is 11.9. The Hall–Kier alpha value is -1.61. The quantitative estimate of drug-likeness (QED) is 0.835. The van der Waals surface area contributed by atoms with Crippen molar-refractivity contribution in [3.8, 4) is 0 Å². The van der Waals surface area contributed by atoms with Crippen molar-refractivity contribution < 1.29 is 0 Å². The Morgan fingerprint density at radius 2 is 1.94 bits per heavy atom. The van der Waals surface area contributed by atoms with E-state index in [9.17, 15) is 4.79 Å². The number of rotatable bonds is 2. The Bertz CT molecular complexity index is 557. The van der Waals surface area contributed by atoms with Gasteiger partial charge >= 0.3 is 0 Å². The lowest BCUT2D eigenvalue weighted by Gasteiger charge is -2.20. The van der Waals surface area contributed by atoms with Crippen LogP contribution >= 0.6 is 0 Å². The van der Waals surface area contributed by atoms with Gasteiger partial charge in [0, 0.05) is 28.7 Å². The molecule has 1 heterocycles. The van der Waals surface area contributed by atoms with Gasteiger partial charge in [0.15, 0.2) is 5.43 Å². The molecule has 1 N–H and O–H groups in total. The number of para-hydroxylation sites is 1. The second kappa shape index (κ2) is 4.10. The maximum Gasteiger partial charge on any atom is 0.189 e. The molecule has 0 aliphatic rings. The summed E-state index contributed by atoms with van der Waals surface area (Å²) in [6, 6.07) is 9.49. The number of H-pyrrole nitrogens is 1. The molecule has 0 amide bonds. The highest BCUT2D eigenvalue weighted by atomic mass is 16.1. The minimum Gasteiger partial charge on any atom is -0.357 e. The van der Waals surface area contributed by atoms with Crippen LogP contribution in [0.25, 0.3) is 10.9 Å². The standard InChI is InChI=1S/C13H16N2O/c1-9(15(2)3)12-8-13(16)10-6-4-5-7-11(10)14-12/h4-9H,1-3H3,(H,14,16). The van der Waals surface area contributed by atoms with Gasteiger partial charge in [-0.05, 0) is 33.2 Å². The van der Waals surface area contributed by atoms with E-state index in [2.05, 4.69) is 16.8 Å². The summed E-state index contributed by atoms with van der Waals surface area (Å²) in [5.41, 5.74) is 1.94. The van der Waals surface area contributed by atoms with E-state index in [0.29, 0.717) is 0 Å². The molecule has 0 saturated heterocycles. The van der Waals surface area contributed by atoms with Crippen LogP contribution in [0.2, 0.25) is 0 Å². The van der Waals surface area contributed by atoms with E-state index in [0.717, 1.165) is 16.6 Å². The maximum absolute atomic E-state index is 11.9. The van der Waals surface area contributed by atoms with Gasteiger partial charge in [0.1, 0.15) is 0 Å². The molecule has 2 rings (SSSR count). The number of aromatic nitrogens is 1. The van der Waals surface area contributed by atoms with Crippen molar-refractivity contribution in [1.29, 1.82) is 0 Å². The molecule has 16 heavy (non-hydrogen) atoms. The molecule has 0 saturated carbocycles. The average molecular weight is 216 g/mol. The molecule has 1 atom stereocenters. The fraction of sp³-hybridized carbons (Fsp3) is 0.308. The van der Waals surface area contributed by atoms with Gasteiger partial charge in [-0.3, -0.25) is 4.79 Å². The number of benzene rings is 1. The SMILES string of the molecule is CC(c1cc(=O)c2ccccc2[nH]1)N(C)C. The van der Waals surface area contributed by atoms with Crippen LogP contribution < -0.4 is 5.43 Å². The van der Waals surface area contributed by atoms with Gasteiger partial charge in [-0.25, -0.2) is 0 Å². The fourth-order valence-electron chi connectivity index (χ4n) is 1.72. The van der Waals surface area contributed by atoms with Crippen LogP contribution in [-0.4, -0.2) is 24.0 Å². The minimum absolute atomic E-state index is 0.0815. The van der Waals surface area contributed by atoms with Crippen LogP contribution in [0.1, 0.15) is 18.7 Å². The second-order valence-corrected chi connectivity index (χ2v) is 4.27. The Balaban J connectivity index is 2.63. The summed E-state index contributed by atoms with van der Waals surface area (Å²) in [5.74, 6) is 0. The fourth-order valence-corrected chi connectivity index (χ4v) is 1.72. The summed E-state index contributed by atoms with van der Waals surface area (Å²) in [7, 11) is 4.00. The smallest absolute Gasteiger partial charge is 0.189 e. The first kappa shape index (κ1) is 10.9. The lowest BCUT2D eigenvalue weighted by atomic mass is 10.1. The topological polar surface area (TPSA) is 36.1 Å². The Morgan fingerprint density at radius 1 is 1.25 bits per heavy atom. The molecular weight excluding hydrogens is 200 g/mol. The zero-order chi connectivity index (χ0) is 11.7. The first-order valence-electron chi connectivity index (χ1n) is 5.38. The van der Waals surface area contributed by atoms with Crippen molar-refractivity contribution in [2.45, 2.75) is 13.0 Å². The van der Waals surface area contributed by atoms with E-state index in [-0.39, 0.29) is 11.5 Å². The molecule has 0 radical (unpaired) electrons. The molecule has 0 aliphatic heterocycles. The molecule has 0 fully saturated rings.